The van der Waals surface area contributed by atoms with Crippen LogP contribution in [-0.4, -0.2) is 22.2 Å². The Bertz CT molecular complexity index is 99.8. The fraction of sp³-hybridized carbons (Fsp3) is 0.500. The van der Waals surface area contributed by atoms with Gasteiger partial charge in [-0.3, -0.25) is 9.59 Å². The Kier molecular flexibility index (Phi) is 16.7. The second-order valence-corrected chi connectivity index (χ2v) is 1.29. The number of carboxylic acids is 2. The molecule has 0 spiro atoms. The van der Waals surface area contributed by atoms with E-state index in [4.69, 9.17) is 10.2 Å². The first-order valence-corrected chi connectivity index (χ1v) is 2.06. The van der Waals surface area contributed by atoms with Crippen LogP contribution in [0.1, 0.15) is 12.8 Å². The summed E-state index contributed by atoms with van der Waals surface area (Å²) in [5.74, 6) is -2.15. The van der Waals surface area contributed by atoms with Crippen molar-refractivity contribution in [1.29, 1.82) is 0 Å². The molecule has 0 aliphatic rings. The SMILES string of the molecule is O=C(O)CCC(=O)O.[Cd].[Cd]. The van der Waals surface area contributed by atoms with Crippen molar-refractivity contribution >= 4 is 11.9 Å². The van der Waals surface area contributed by atoms with Crippen LogP contribution in [-0.2, 0) is 64.2 Å². The Balaban J connectivity index is -0.000000245. The number of rotatable bonds is 3. The summed E-state index contributed by atoms with van der Waals surface area (Å²) in [6.45, 7) is 0. The van der Waals surface area contributed by atoms with Crippen LogP contribution in [0.25, 0.3) is 0 Å². The molecule has 0 unspecified atom stereocenters. The third-order valence-corrected chi connectivity index (χ3v) is 0.553. The van der Waals surface area contributed by atoms with E-state index >= 15 is 0 Å². The second-order valence-electron chi connectivity index (χ2n) is 1.29. The molecule has 0 amide bonds. The predicted octanol–water partition coefficient (Wildman–Crippen LogP) is -0.0692. The Morgan fingerprint density at radius 3 is 1.20 bits per heavy atom. The van der Waals surface area contributed by atoms with E-state index in [0.717, 1.165) is 0 Å². The molecular weight excluding hydrogens is 337 g/mol. The van der Waals surface area contributed by atoms with E-state index in [-0.39, 0.29) is 67.4 Å². The van der Waals surface area contributed by atoms with Gasteiger partial charge < -0.3 is 10.2 Å². The first kappa shape index (κ1) is 17.0. The number of carboxylic acid groups (broad SMARTS) is 2. The quantitative estimate of drug-likeness (QED) is 0.704. The summed E-state index contributed by atoms with van der Waals surface area (Å²) in [7, 11) is 0. The Hall–Kier alpha value is 0.784. The maximum atomic E-state index is 9.64. The molecule has 50 valence electrons. The van der Waals surface area contributed by atoms with Gasteiger partial charge in [-0.2, -0.15) is 0 Å². The Morgan fingerprint density at radius 2 is 1.10 bits per heavy atom. The number of carbonyl (C=O) groups is 2. The van der Waals surface area contributed by atoms with E-state index in [2.05, 4.69) is 0 Å². The van der Waals surface area contributed by atoms with Gasteiger partial charge in [-0.05, 0) is 0 Å². The van der Waals surface area contributed by atoms with E-state index < -0.39 is 11.9 Å². The molecule has 0 aromatic rings. The standard InChI is InChI=1S/C4H6O4.2Cd/c5-3(6)1-2-4(7)8;;/h1-2H2,(H,5,6)(H,7,8);;. The average Bonchev–Trinajstić information content (AvgIpc) is 1.61. The molecule has 2 N–H and O–H groups in total. The van der Waals surface area contributed by atoms with Crippen molar-refractivity contribution in [3.05, 3.63) is 0 Å². The van der Waals surface area contributed by atoms with Gasteiger partial charge in [0.1, 0.15) is 0 Å². The molecule has 4 nitrogen and oxygen atoms in total. The maximum absolute atomic E-state index is 9.64. The van der Waals surface area contributed by atoms with Crippen molar-refractivity contribution in [3.63, 3.8) is 0 Å². The molecule has 0 rings (SSSR count). The molecule has 0 radical (unpaired) electrons. The number of hydrogen-bond donors (Lipinski definition) is 2. The maximum Gasteiger partial charge on any atom is 0.303 e. The minimum atomic E-state index is -1.08. The third kappa shape index (κ3) is 15.9. The zero-order chi connectivity index (χ0) is 6.57. The van der Waals surface area contributed by atoms with Crippen molar-refractivity contribution in [3.8, 4) is 0 Å². The van der Waals surface area contributed by atoms with Crippen LogP contribution in [0, 0.1) is 0 Å². The molecule has 0 heterocycles. The topological polar surface area (TPSA) is 74.6 Å². The van der Waals surface area contributed by atoms with Crippen LogP contribution in [0.15, 0.2) is 0 Å². The van der Waals surface area contributed by atoms with Gasteiger partial charge in [-0.15, -0.1) is 0 Å². The normalized spacial score (nSPS) is 6.80. The smallest absolute Gasteiger partial charge is 0.303 e. The fourth-order valence-corrected chi connectivity index (χ4v) is 0.214. The van der Waals surface area contributed by atoms with E-state index in [1.807, 2.05) is 0 Å². The van der Waals surface area contributed by atoms with E-state index in [1.54, 1.807) is 0 Å². The summed E-state index contributed by atoms with van der Waals surface area (Å²) in [6.07, 6.45) is -0.593. The first-order chi connectivity index (χ1) is 3.63. The summed E-state index contributed by atoms with van der Waals surface area (Å²) < 4.78 is 0. The molecular formula is C4H6Cd2O4. The molecule has 6 heteroatoms. The summed E-state index contributed by atoms with van der Waals surface area (Å²) in [5.41, 5.74) is 0. The number of hydrogen-bond acceptors (Lipinski definition) is 2. The van der Waals surface area contributed by atoms with E-state index in [0.29, 0.717) is 0 Å². The van der Waals surface area contributed by atoms with Gasteiger partial charge in [0.25, 0.3) is 0 Å². The second kappa shape index (κ2) is 9.78. The molecule has 0 atom stereocenters. The monoisotopic (exact) mass is 346 g/mol. The predicted molar refractivity (Wildman–Crippen MR) is 24.5 cm³/mol. The fourth-order valence-electron chi connectivity index (χ4n) is 0.214. The van der Waals surface area contributed by atoms with Crippen molar-refractivity contribution in [2.24, 2.45) is 0 Å². The van der Waals surface area contributed by atoms with Crippen LogP contribution in [0.2, 0.25) is 0 Å². The third-order valence-electron chi connectivity index (χ3n) is 0.553. The van der Waals surface area contributed by atoms with Gasteiger partial charge in [-0.25, -0.2) is 0 Å². The first-order valence-electron chi connectivity index (χ1n) is 2.06. The molecule has 10 heavy (non-hydrogen) atoms. The van der Waals surface area contributed by atoms with Gasteiger partial charge in [-0.1, -0.05) is 0 Å². The van der Waals surface area contributed by atoms with E-state index in [1.165, 1.54) is 0 Å². The van der Waals surface area contributed by atoms with Crippen LogP contribution in [0.4, 0.5) is 0 Å². The molecule has 0 aromatic carbocycles. The number of aliphatic carboxylic acids is 2. The molecule has 0 fully saturated rings. The zero-order valence-electron chi connectivity index (χ0n) is 5.54. The van der Waals surface area contributed by atoms with Gasteiger partial charge in [0.15, 0.2) is 0 Å². The summed E-state index contributed by atoms with van der Waals surface area (Å²) in [5, 5.41) is 15.8. The van der Waals surface area contributed by atoms with Crippen LogP contribution in [0.3, 0.4) is 0 Å². The molecule has 0 aromatic heterocycles. The van der Waals surface area contributed by atoms with E-state index in [9.17, 15) is 9.59 Å². The van der Waals surface area contributed by atoms with Gasteiger partial charge in [0.05, 0.1) is 12.8 Å². The Labute approximate surface area is 98.3 Å². The van der Waals surface area contributed by atoms with Gasteiger partial charge >= 0.3 is 11.9 Å². The van der Waals surface area contributed by atoms with Gasteiger partial charge in [0.2, 0.25) is 0 Å². The molecule has 0 bridgehead atoms. The van der Waals surface area contributed by atoms with Crippen LogP contribution < -0.4 is 0 Å². The van der Waals surface area contributed by atoms with Crippen molar-refractivity contribution < 1.29 is 74.4 Å². The van der Waals surface area contributed by atoms with Crippen LogP contribution in [0.5, 0.6) is 0 Å². The van der Waals surface area contributed by atoms with Gasteiger partial charge in [0, 0.05) is 54.6 Å². The average molecular weight is 343 g/mol. The molecule has 0 aliphatic carbocycles. The summed E-state index contributed by atoms with van der Waals surface area (Å²) >= 11 is 0. The summed E-state index contributed by atoms with van der Waals surface area (Å²) in [6, 6.07) is 0. The minimum absolute atomic E-state index is 0. The van der Waals surface area contributed by atoms with Crippen LogP contribution >= 0.6 is 0 Å². The van der Waals surface area contributed by atoms with Crippen molar-refractivity contribution in [2.45, 2.75) is 12.8 Å². The minimum Gasteiger partial charge on any atom is -0.481 e. The zero-order valence-corrected chi connectivity index (χ0v) is 13.6. The molecule has 0 saturated heterocycles. The summed E-state index contributed by atoms with van der Waals surface area (Å²) in [4.78, 5) is 19.3. The van der Waals surface area contributed by atoms with Crippen molar-refractivity contribution in [2.75, 3.05) is 0 Å². The Morgan fingerprint density at radius 1 is 0.900 bits per heavy atom. The molecule has 0 aliphatic heterocycles. The molecule has 0 saturated carbocycles. The largest absolute Gasteiger partial charge is 0.481 e. The van der Waals surface area contributed by atoms with Crippen molar-refractivity contribution in [1.82, 2.24) is 0 Å².